The van der Waals surface area contributed by atoms with E-state index in [4.69, 9.17) is 0 Å². The van der Waals surface area contributed by atoms with Crippen LogP contribution >= 0.6 is 11.3 Å². The van der Waals surface area contributed by atoms with Crippen molar-refractivity contribution in [3.05, 3.63) is 48.8 Å². The minimum atomic E-state index is -4.52. The third-order valence-corrected chi connectivity index (χ3v) is 5.08. The molecule has 0 N–H and O–H groups in total. The summed E-state index contributed by atoms with van der Waals surface area (Å²) >= 11 is 1.25. The van der Waals surface area contributed by atoms with E-state index in [2.05, 4.69) is 20.3 Å². The standard InChI is InChI=1S/C14H9N5O3S2.Na/c20-24(21,22)11-3-1-2-10(8-11)13-18-19-12(16-17-14(19)23-13)9-4-6-15-7-5-9;/h1-8H,(H,20,21,22);/q;+1/p-1. The molecule has 0 fully saturated rings. The zero-order valence-corrected chi connectivity index (χ0v) is 16.5. The Morgan fingerprint density at radius 3 is 2.52 bits per heavy atom. The maximum atomic E-state index is 11.2. The molecular formula is C14H8N5NaO3S2. The van der Waals surface area contributed by atoms with Gasteiger partial charge < -0.3 is 4.55 Å². The van der Waals surface area contributed by atoms with Gasteiger partial charge in [-0.3, -0.25) is 4.98 Å². The van der Waals surface area contributed by atoms with Crippen molar-refractivity contribution in [2.75, 3.05) is 0 Å². The summed E-state index contributed by atoms with van der Waals surface area (Å²) in [4.78, 5) is 4.23. The predicted molar refractivity (Wildman–Crippen MR) is 85.3 cm³/mol. The average molecular weight is 381 g/mol. The van der Waals surface area contributed by atoms with Crippen molar-refractivity contribution in [3.63, 3.8) is 0 Å². The van der Waals surface area contributed by atoms with E-state index in [-0.39, 0.29) is 34.5 Å². The van der Waals surface area contributed by atoms with E-state index >= 15 is 0 Å². The van der Waals surface area contributed by atoms with Crippen molar-refractivity contribution in [3.8, 4) is 22.0 Å². The summed E-state index contributed by atoms with van der Waals surface area (Å²) in [5.41, 5.74) is 1.34. The predicted octanol–water partition coefficient (Wildman–Crippen LogP) is -1.18. The van der Waals surface area contributed by atoms with Gasteiger partial charge >= 0.3 is 29.6 Å². The smallest absolute Gasteiger partial charge is 0.744 e. The van der Waals surface area contributed by atoms with Crippen LogP contribution < -0.4 is 29.6 Å². The summed E-state index contributed by atoms with van der Waals surface area (Å²) in [6.07, 6.45) is 3.29. The monoisotopic (exact) mass is 381 g/mol. The Morgan fingerprint density at radius 2 is 1.80 bits per heavy atom. The first-order chi connectivity index (χ1) is 11.5. The first-order valence-corrected chi connectivity index (χ1v) is 8.94. The van der Waals surface area contributed by atoms with E-state index < -0.39 is 10.1 Å². The largest absolute Gasteiger partial charge is 1.00 e. The summed E-state index contributed by atoms with van der Waals surface area (Å²) < 4.78 is 35.1. The maximum Gasteiger partial charge on any atom is 1.00 e. The van der Waals surface area contributed by atoms with Crippen molar-refractivity contribution in [2.24, 2.45) is 0 Å². The molecule has 4 aromatic rings. The normalized spacial score (nSPS) is 11.4. The van der Waals surface area contributed by atoms with Crippen molar-refractivity contribution in [1.82, 2.24) is 24.8 Å². The number of nitrogens with zero attached hydrogens (tertiary/aromatic N) is 5. The molecule has 3 heterocycles. The van der Waals surface area contributed by atoms with Crippen LogP contribution in [0.1, 0.15) is 0 Å². The Morgan fingerprint density at radius 1 is 1.04 bits per heavy atom. The average Bonchev–Trinajstić information content (AvgIpc) is 3.15. The number of hydrogen-bond acceptors (Lipinski definition) is 8. The van der Waals surface area contributed by atoms with Crippen LogP contribution in [0.3, 0.4) is 0 Å². The van der Waals surface area contributed by atoms with Gasteiger partial charge in [-0.2, -0.15) is 9.61 Å². The molecule has 0 saturated heterocycles. The van der Waals surface area contributed by atoms with Gasteiger partial charge in [-0.1, -0.05) is 23.5 Å². The first kappa shape index (κ1) is 18.1. The van der Waals surface area contributed by atoms with Gasteiger partial charge in [0.15, 0.2) is 5.82 Å². The van der Waals surface area contributed by atoms with Crippen LogP contribution in [0.15, 0.2) is 53.7 Å². The van der Waals surface area contributed by atoms with Crippen LogP contribution in [-0.4, -0.2) is 37.8 Å². The second kappa shape index (κ2) is 6.90. The SMILES string of the molecule is O=S(=O)([O-])c1cccc(-c2nn3c(-c4ccncc4)nnc3s2)c1.[Na+]. The fourth-order valence-corrected chi connectivity index (χ4v) is 3.55. The molecule has 11 heteroatoms. The van der Waals surface area contributed by atoms with E-state index in [0.29, 0.717) is 21.4 Å². The molecule has 0 radical (unpaired) electrons. The van der Waals surface area contributed by atoms with E-state index in [9.17, 15) is 13.0 Å². The van der Waals surface area contributed by atoms with Crippen LogP contribution in [0, 0.1) is 0 Å². The molecule has 0 bridgehead atoms. The van der Waals surface area contributed by atoms with E-state index in [1.807, 2.05) is 0 Å². The number of pyridine rings is 1. The minimum absolute atomic E-state index is 0. The summed E-state index contributed by atoms with van der Waals surface area (Å²) in [7, 11) is -4.52. The van der Waals surface area contributed by atoms with Gasteiger partial charge in [0.1, 0.15) is 15.1 Å². The van der Waals surface area contributed by atoms with E-state index in [1.165, 1.54) is 29.5 Å². The van der Waals surface area contributed by atoms with Crippen LogP contribution in [0.25, 0.3) is 26.9 Å². The van der Waals surface area contributed by atoms with Gasteiger partial charge in [0, 0.05) is 23.5 Å². The molecule has 0 atom stereocenters. The molecule has 0 aliphatic carbocycles. The Bertz CT molecular complexity index is 1140. The topological polar surface area (TPSA) is 113 Å². The second-order valence-electron chi connectivity index (χ2n) is 4.84. The molecule has 3 aromatic heterocycles. The first-order valence-electron chi connectivity index (χ1n) is 6.71. The van der Waals surface area contributed by atoms with Gasteiger partial charge in [-0.05, 0) is 24.3 Å². The van der Waals surface area contributed by atoms with Gasteiger partial charge in [0.05, 0.1) is 4.90 Å². The Kier molecular flexibility index (Phi) is 5.00. The molecule has 25 heavy (non-hydrogen) atoms. The molecule has 0 unspecified atom stereocenters. The molecule has 120 valence electrons. The molecule has 0 aliphatic rings. The van der Waals surface area contributed by atoms with Crippen molar-refractivity contribution in [1.29, 1.82) is 0 Å². The molecule has 0 saturated carbocycles. The molecule has 1 aromatic carbocycles. The Labute approximate surface area is 168 Å². The van der Waals surface area contributed by atoms with Gasteiger partial charge in [-0.15, -0.1) is 10.2 Å². The number of hydrogen-bond donors (Lipinski definition) is 0. The number of benzene rings is 1. The molecule has 4 rings (SSSR count). The number of rotatable bonds is 3. The van der Waals surface area contributed by atoms with Crippen molar-refractivity contribution in [2.45, 2.75) is 4.90 Å². The number of aromatic nitrogens is 5. The fraction of sp³-hybridized carbons (Fsp3) is 0. The summed E-state index contributed by atoms with van der Waals surface area (Å²) in [5.74, 6) is 0.558. The summed E-state index contributed by atoms with van der Waals surface area (Å²) in [5, 5.41) is 13.2. The molecule has 0 spiro atoms. The van der Waals surface area contributed by atoms with Crippen LogP contribution in [0.4, 0.5) is 0 Å². The number of fused-ring (bicyclic) bond motifs is 1. The molecule has 8 nitrogen and oxygen atoms in total. The van der Waals surface area contributed by atoms with Gasteiger partial charge in [0.25, 0.3) is 0 Å². The van der Waals surface area contributed by atoms with Crippen molar-refractivity contribution >= 4 is 26.4 Å². The Hall–Kier alpha value is -1.69. The Balaban J connectivity index is 0.00000182. The quantitative estimate of drug-likeness (QED) is 0.324. The minimum Gasteiger partial charge on any atom is -0.744 e. The molecule has 0 aliphatic heterocycles. The fourth-order valence-electron chi connectivity index (χ4n) is 2.20. The third-order valence-electron chi connectivity index (χ3n) is 3.30. The third kappa shape index (κ3) is 3.50. The van der Waals surface area contributed by atoms with Crippen LogP contribution in [0.5, 0.6) is 0 Å². The van der Waals surface area contributed by atoms with Gasteiger partial charge in [0.2, 0.25) is 4.96 Å². The zero-order valence-electron chi connectivity index (χ0n) is 12.9. The van der Waals surface area contributed by atoms with Crippen LogP contribution in [0.2, 0.25) is 0 Å². The van der Waals surface area contributed by atoms with E-state index in [1.54, 1.807) is 35.1 Å². The molecular weight excluding hydrogens is 373 g/mol. The van der Waals surface area contributed by atoms with Crippen molar-refractivity contribution < 1.29 is 42.5 Å². The van der Waals surface area contributed by atoms with Crippen LogP contribution in [-0.2, 0) is 10.1 Å². The second-order valence-corrected chi connectivity index (χ2v) is 7.18. The van der Waals surface area contributed by atoms with Gasteiger partial charge in [-0.25, -0.2) is 8.42 Å². The molecule has 0 amide bonds. The van der Waals surface area contributed by atoms with E-state index in [0.717, 1.165) is 5.56 Å². The zero-order chi connectivity index (χ0) is 16.7. The summed E-state index contributed by atoms with van der Waals surface area (Å²) in [6.45, 7) is 0. The maximum absolute atomic E-state index is 11.2. The summed E-state index contributed by atoms with van der Waals surface area (Å²) in [6, 6.07) is 9.34.